The van der Waals surface area contributed by atoms with Crippen molar-refractivity contribution in [1.82, 2.24) is 5.32 Å². The second-order valence-corrected chi connectivity index (χ2v) is 4.99. The van der Waals surface area contributed by atoms with Gasteiger partial charge in [-0.2, -0.15) is 0 Å². The van der Waals surface area contributed by atoms with Crippen molar-refractivity contribution >= 4 is 0 Å². The average molecular weight is 251 g/mol. The number of aliphatic hydroxyl groups is 1. The van der Waals surface area contributed by atoms with Gasteiger partial charge in [0, 0.05) is 6.42 Å². The van der Waals surface area contributed by atoms with Crippen LogP contribution in [0.25, 0.3) is 0 Å². The molecule has 3 heteroatoms. The number of hydrogen-bond acceptors (Lipinski definition) is 3. The smallest absolute Gasteiger partial charge is 0.122 e. The quantitative estimate of drug-likeness (QED) is 0.697. The van der Waals surface area contributed by atoms with E-state index in [9.17, 15) is 5.11 Å². The molecule has 0 radical (unpaired) electrons. The Kier molecular flexibility index (Phi) is 6.16. The van der Waals surface area contributed by atoms with Crippen LogP contribution in [-0.2, 0) is 6.42 Å². The molecule has 1 rings (SSSR count). The van der Waals surface area contributed by atoms with Crippen LogP contribution in [0.15, 0.2) is 24.3 Å². The molecule has 3 nitrogen and oxygen atoms in total. The van der Waals surface area contributed by atoms with Crippen LogP contribution in [-0.4, -0.2) is 30.9 Å². The van der Waals surface area contributed by atoms with Gasteiger partial charge in [0.05, 0.1) is 12.7 Å². The van der Waals surface area contributed by atoms with Crippen LogP contribution in [0.2, 0.25) is 0 Å². The standard InChI is InChI=1S/C15H25NO2/c1-4-10-16-11-9-15(2,17)12-13-7-5-6-8-14(13)18-3/h5-8,16-17H,4,9-12H2,1-3H3. The van der Waals surface area contributed by atoms with Crippen molar-refractivity contribution in [3.8, 4) is 5.75 Å². The maximum atomic E-state index is 10.4. The Bertz CT molecular complexity index is 350. The van der Waals surface area contributed by atoms with Crippen molar-refractivity contribution in [3.63, 3.8) is 0 Å². The van der Waals surface area contributed by atoms with Crippen molar-refractivity contribution in [2.24, 2.45) is 0 Å². The van der Waals surface area contributed by atoms with Gasteiger partial charge in [-0.15, -0.1) is 0 Å². The Balaban J connectivity index is 2.53. The van der Waals surface area contributed by atoms with Gasteiger partial charge in [0.25, 0.3) is 0 Å². The van der Waals surface area contributed by atoms with Crippen LogP contribution in [0.3, 0.4) is 0 Å². The number of hydrogen-bond donors (Lipinski definition) is 2. The molecule has 0 amide bonds. The van der Waals surface area contributed by atoms with Gasteiger partial charge in [-0.3, -0.25) is 0 Å². The topological polar surface area (TPSA) is 41.5 Å². The first-order valence-corrected chi connectivity index (χ1v) is 6.64. The molecule has 0 aliphatic heterocycles. The van der Waals surface area contributed by atoms with E-state index >= 15 is 0 Å². The van der Waals surface area contributed by atoms with E-state index in [1.54, 1.807) is 7.11 Å². The summed E-state index contributed by atoms with van der Waals surface area (Å²) in [5.74, 6) is 0.847. The van der Waals surface area contributed by atoms with Crippen LogP contribution in [0, 0.1) is 0 Å². The van der Waals surface area contributed by atoms with Crippen molar-refractivity contribution in [3.05, 3.63) is 29.8 Å². The molecule has 0 saturated heterocycles. The molecule has 0 aromatic heterocycles. The molecule has 0 aliphatic rings. The van der Waals surface area contributed by atoms with Gasteiger partial charge in [-0.05, 0) is 44.5 Å². The molecule has 0 aliphatic carbocycles. The van der Waals surface area contributed by atoms with Gasteiger partial charge >= 0.3 is 0 Å². The van der Waals surface area contributed by atoms with Crippen LogP contribution in [0.4, 0.5) is 0 Å². The van der Waals surface area contributed by atoms with E-state index < -0.39 is 5.60 Å². The molecule has 0 spiro atoms. The second-order valence-electron chi connectivity index (χ2n) is 4.99. The molecule has 1 unspecified atom stereocenters. The zero-order chi connectivity index (χ0) is 13.4. The van der Waals surface area contributed by atoms with Crippen LogP contribution in [0.1, 0.15) is 32.3 Å². The number of para-hydroxylation sites is 1. The monoisotopic (exact) mass is 251 g/mol. The first-order valence-electron chi connectivity index (χ1n) is 6.64. The number of methoxy groups -OCH3 is 1. The molecular weight excluding hydrogens is 226 g/mol. The number of benzene rings is 1. The third-order valence-corrected chi connectivity index (χ3v) is 3.03. The highest BCUT2D eigenvalue weighted by Gasteiger charge is 2.21. The van der Waals surface area contributed by atoms with Gasteiger partial charge in [0.2, 0.25) is 0 Å². The summed E-state index contributed by atoms with van der Waals surface area (Å²) in [7, 11) is 1.66. The number of nitrogens with one attached hydrogen (secondary N) is 1. The van der Waals surface area contributed by atoms with E-state index in [4.69, 9.17) is 4.74 Å². The summed E-state index contributed by atoms with van der Waals surface area (Å²) in [6.45, 7) is 5.87. The third-order valence-electron chi connectivity index (χ3n) is 3.03. The highest BCUT2D eigenvalue weighted by molar-refractivity contribution is 5.34. The van der Waals surface area contributed by atoms with E-state index in [2.05, 4.69) is 12.2 Å². The summed E-state index contributed by atoms with van der Waals surface area (Å²) < 4.78 is 5.31. The van der Waals surface area contributed by atoms with Gasteiger partial charge < -0.3 is 15.2 Å². The summed E-state index contributed by atoms with van der Waals surface area (Å²) in [5, 5.41) is 13.7. The molecule has 0 saturated carbocycles. The largest absolute Gasteiger partial charge is 0.496 e. The Hall–Kier alpha value is -1.06. The van der Waals surface area contributed by atoms with Crippen LogP contribution >= 0.6 is 0 Å². The minimum Gasteiger partial charge on any atom is -0.496 e. The Labute approximate surface area is 110 Å². The summed E-state index contributed by atoms with van der Waals surface area (Å²) in [5.41, 5.74) is 0.357. The number of rotatable bonds is 8. The molecule has 0 fully saturated rings. The number of ether oxygens (including phenoxy) is 1. The minimum absolute atomic E-state index is 0.616. The van der Waals surface area contributed by atoms with Gasteiger partial charge in [0.1, 0.15) is 5.75 Å². The maximum Gasteiger partial charge on any atom is 0.122 e. The summed E-state index contributed by atoms with van der Waals surface area (Å²) in [4.78, 5) is 0. The zero-order valence-corrected chi connectivity index (χ0v) is 11.7. The lowest BCUT2D eigenvalue weighted by Gasteiger charge is -2.24. The lowest BCUT2D eigenvalue weighted by atomic mass is 9.92. The summed E-state index contributed by atoms with van der Waals surface area (Å²) in [6, 6.07) is 7.86. The Morgan fingerprint density at radius 2 is 2.00 bits per heavy atom. The first kappa shape index (κ1) is 15.0. The van der Waals surface area contributed by atoms with Gasteiger partial charge in [-0.25, -0.2) is 0 Å². The van der Waals surface area contributed by atoms with E-state index in [1.807, 2.05) is 31.2 Å². The van der Waals surface area contributed by atoms with Crippen LogP contribution in [0.5, 0.6) is 5.75 Å². The minimum atomic E-state index is -0.699. The van der Waals surface area contributed by atoms with Gasteiger partial charge in [0.15, 0.2) is 0 Å². The molecule has 1 aromatic carbocycles. The molecule has 0 heterocycles. The van der Waals surface area contributed by atoms with E-state index in [-0.39, 0.29) is 0 Å². The molecule has 0 bridgehead atoms. The van der Waals surface area contributed by atoms with Gasteiger partial charge in [-0.1, -0.05) is 25.1 Å². The Morgan fingerprint density at radius 1 is 1.28 bits per heavy atom. The predicted molar refractivity (Wildman–Crippen MR) is 75.1 cm³/mol. The van der Waals surface area contributed by atoms with E-state index in [0.29, 0.717) is 6.42 Å². The van der Waals surface area contributed by atoms with Crippen molar-refractivity contribution in [2.75, 3.05) is 20.2 Å². The molecule has 18 heavy (non-hydrogen) atoms. The molecule has 1 aromatic rings. The van der Waals surface area contributed by atoms with Crippen molar-refractivity contribution < 1.29 is 9.84 Å². The lowest BCUT2D eigenvalue weighted by molar-refractivity contribution is 0.0510. The summed E-state index contributed by atoms with van der Waals surface area (Å²) in [6.07, 6.45) is 2.48. The van der Waals surface area contributed by atoms with Crippen LogP contribution < -0.4 is 10.1 Å². The molecular formula is C15H25NO2. The van der Waals surface area contributed by atoms with E-state index in [1.165, 1.54) is 0 Å². The zero-order valence-electron chi connectivity index (χ0n) is 11.7. The predicted octanol–water partition coefficient (Wildman–Crippen LogP) is 2.38. The molecule has 102 valence electrons. The maximum absolute atomic E-state index is 10.4. The SMILES string of the molecule is CCCNCCC(C)(O)Cc1ccccc1OC. The molecule has 1 atom stereocenters. The van der Waals surface area contributed by atoms with Crippen molar-refractivity contribution in [2.45, 2.75) is 38.7 Å². The summed E-state index contributed by atoms with van der Waals surface area (Å²) >= 11 is 0. The highest BCUT2D eigenvalue weighted by atomic mass is 16.5. The van der Waals surface area contributed by atoms with Crippen molar-refractivity contribution in [1.29, 1.82) is 0 Å². The van der Waals surface area contributed by atoms with E-state index in [0.717, 1.165) is 37.2 Å². The average Bonchev–Trinajstić information content (AvgIpc) is 2.35. The fourth-order valence-corrected chi connectivity index (χ4v) is 2.01. The third kappa shape index (κ3) is 5.07. The molecule has 2 N–H and O–H groups in total. The normalized spacial score (nSPS) is 14.2. The Morgan fingerprint density at radius 3 is 2.67 bits per heavy atom. The second kappa shape index (κ2) is 7.39. The fourth-order valence-electron chi connectivity index (χ4n) is 2.01. The lowest BCUT2D eigenvalue weighted by Crippen LogP contribution is -2.32. The highest BCUT2D eigenvalue weighted by Crippen LogP contribution is 2.24. The first-order chi connectivity index (χ1) is 8.59. The fraction of sp³-hybridized carbons (Fsp3) is 0.600.